The smallest absolute Gasteiger partial charge is 0.378 e. The van der Waals surface area contributed by atoms with E-state index < -0.39 is 12.7 Å². The second-order valence-corrected chi connectivity index (χ2v) is 4.88. The van der Waals surface area contributed by atoms with Crippen molar-refractivity contribution in [2.75, 3.05) is 45.9 Å². The molecule has 2 heterocycles. The number of nitrogens with two attached hydrogens (primary N) is 1. The maximum Gasteiger partial charge on any atom is 0.401 e. The molecule has 1 unspecified atom stereocenters. The molecule has 2 aliphatic heterocycles. The summed E-state index contributed by atoms with van der Waals surface area (Å²) in [6.45, 7) is 2.48. The molecule has 0 aromatic carbocycles. The Labute approximate surface area is 110 Å². The monoisotopic (exact) mass is 280 g/mol. The Balaban J connectivity index is 1.83. The van der Waals surface area contributed by atoms with Gasteiger partial charge in [-0.1, -0.05) is 0 Å². The number of ether oxygens (including phenoxy) is 1. The fourth-order valence-electron chi connectivity index (χ4n) is 2.38. The lowest BCUT2D eigenvalue weighted by Crippen LogP contribution is -2.45. The van der Waals surface area contributed by atoms with Gasteiger partial charge < -0.3 is 15.4 Å². The molecule has 0 spiro atoms. The Bertz CT molecular complexity index is 328. The molecule has 5 nitrogen and oxygen atoms in total. The minimum absolute atomic E-state index is 0.134. The van der Waals surface area contributed by atoms with Gasteiger partial charge in [0.15, 0.2) is 5.96 Å². The first-order chi connectivity index (χ1) is 8.94. The van der Waals surface area contributed by atoms with Crippen LogP contribution in [0.4, 0.5) is 13.2 Å². The highest BCUT2D eigenvalue weighted by Crippen LogP contribution is 2.21. The van der Waals surface area contributed by atoms with Crippen molar-refractivity contribution in [3.05, 3.63) is 0 Å². The van der Waals surface area contributed by atoms with E-state index in [0.717, 1.165) is 0 Å². The Kier molecular flexibility index (Phi) is 4.51. The number of morpholine rings is 1. The molecule has 2 aliphatic rings. The van der Waals surface area contributed by atoms with Gasteiger partial charge in [-0.05, 0) is 6.42 Å². The zero-order valence-corrected chi connectivity index (χ0v) is 10.7. The van der Waals surface area contributed by atoms with Crippen molar-refractivity contribution in [3.8, 4) is 0 Å². The Morgan fingerprint density at radius 1 is 1.26 bits per heavy atom. The van der Waals surface area contributed by atoms with Crippen LogP contribution in [0.15, 0.2) is 4.99 Å². The van der Waals surface area contributed by atoms with E-state index in [2.05, 4.69) is 4.99 Å². The summed E-state index contributed by atoms with van der Waals surface area (Å²) in [5, 5.41) is 0. The molecule has 8 heteroatoms. The largest absolute Gasteiger partial charge is 0.401 e. The average molecular weight is 280 g/mol. The van der Waals surface area contributed by atoms with Crippen molar-refractivity contribution in [1.29, 1.82) is 0 Å². The molecular weight excluding hydrogens is 261 g/mol. The van der Waals surface area contributed by atoms with Crippen molar-refractivity contribution in [1.82, 2.24) is 9.80 Å². The first kappa shape index (κ1) is 14.4. The molecule has 0 aromatic rings. The quantitative estimate of drug-likeness (QED) is 0.583. The number of aliphatic imine (C=N–C) groups is 1. The maximum atomic E-state index is 12.3. The van der Waals surface area contributed by atoms with Gasteiger partial charge in [-0.15, -0.1) is 0 Å². The van der Waals surface area contributed by atoms with Crippen molar-refractivity contribution in [3.63, 3.8) is 0 Å². The minimum Gasteiger partial charge on any atom is -0.378 e. The van der Waals surface area contributed by atoms with Crippen LogP contribution in [0.25, 0.3) is 0 Å². The van der Waals surface area contributed by atoms with E-state index in [4.69, 9.17) is 10.5 Å². The van der Waals surface area contributed by atoms with Gasteiger partial charge in [0.25, 0.3) is 0 Å². The molecule has 0 amide bonds. The van der Waals surface area contributed by atoms with Crippen molar-refractivity contribution < 1.29 is 17.9 Å². The SMILES string of the molecule is NC(=NC1CCN(CC(F)(F)F)C1)N1CCOCC1. The van der Waals surface area contributed by atoms with Crippen LogP contribution in [0, 0.1) is 0 Å². The molecule has 2 rings (SSSR count). The summed E-state index contributed by atoms with van der Waals surface area (Å²) in [5.41, 5.74) is 5.88. The minimum atomic E-state index is -4.14. The van der Waals surface area contributed by atoms with E-state index in [0.29, 0.717) is 51.8 Å². The van der Waals surface area contributed by atoms with E-state index in [1.165, 1.54) is 4.90 Å². The Hall–Kier alpha value is -1.02. The third-order valence-electron chi connectivity index (χ3n) is 3.30. The third kappa shape index (κ3) is 4.54. The lowest BCUT2D eigenvalue weighted by Gasteiger charge is -2.28. The summed E-state index contributed by atoms with van der Waals surface area (Å²) >= 11 is 0. The molecule has 2 saturated heterocycles. The van der Waals surface area contributed by atoms with Crippen LogP contribution in [-0.2, 0) is 4.74 Å². The highest BCUT2D eigenvalue weighted by molar-refractivity contribution is 5.78. The summed E-state index contributed by atoms with van der Waals surface area (Å²) in [4.78, 5) is 7.62. The number of rotatable bonds is 2. The molecule has 0 saturated carbocycles. The van der Waals surface area contributed by atoms with Crippen LogP contribution in [0.2, 0.25) is 0 Å². The van der Waals surface area contributed by atoms with Crippen LogP contribution in [0.3, 0.4) is 0 Å². The number of hydrogen-bond acceptors (Lipinski definition) is 3. The maximum absolute atomic E-state index is 12.3. The number of halogens is 3. The molecule has 0 aliphatic carbocycles. The second-order valence-electron chi connectivity index (χ2n) is 4.88. The summed E-state index contributed by atoms with van der Waals surface area (Å²) in [6, 6.07) is -0.134. The van der Waals surface area contributed by atoms with Crippen molar-refractivity contribution in [2.24, 2.45) is 10.7 Å². The van der Waals surface area contributed by atoms with E-state index in [-0.39, 0.29) is 6.04 Å². The van der Waals surface area contributed by atoms with Gasteiger partial charge in [0.05, 0.1) is 25.8 Å². The normalized spacial score (nSPS) is 27.0. The van der Waals surface area contributed by atoms with Gasteiger partial charge >= 0.3 is 6.18 Å². The van der Waals surface area contributed by atoms with Gasteiger partial charge in [-0.25, -0.2) is 4.99 Å². The Morgan fingerprint density at radius 3 is 2.58 bits per heavy atom. The van der Waals surface area contributed by atoms with Crippen LogP contribution in [0.5, 0.6) is 0 Å². The van der Waals surface area contributed by atoms with E-state index in [1.807, 2.05) is 4.90 Å². The summed E-state index contributed by atoms with van der Waals surface area (Å²) in [7, 11) is 0. The molecule has 2 N–H and O–H groups in total. The van der Waals surface area contributed by atoms with Crippen LogP contribution in [0.1, 0.15) is 6.42 Å². The first-order valence-corrected chi connectivity index (χ1v) is 6.39. The predicted molar refractivity (Wildman–Crippen MR) is 64.9 cm³/mol. The molecule has 110 valence electrons. The Morgan fingerprint density at radius 2 is 1.95 bits per heavy atom. The average Bonchev–Trinajstić information content (AvgIpc) is 2.75. The molecule has 2 fully saturated rings. The van der Waals surface area contributed by atoms with Gasteiger partial charge in [0, 0.05) is 26.2 Å². The molecule has 0 bridgehead atoms. The van der Waals surface area contributed by atoms with E-state index >= 15 is 0 Å². The van der Waals surface area contributed by atoms with Crippen molar-refractivity contribution in [2.45, 2.75) is 18.6 Å². The molecule has 1 atom stereocenters. The van der Waals surface area contributed by atoms with Gasteiger partial charge in [-0.2, -0.15) is 13.2 Å². The van der Waals surface area contributed by atoms with Crippen LogP contribution < -0.4 is 5.73 Å². The van der Waals surface area contributed by atoms with Gasteiger partial charge in [0.2, 0.25) is 0 Å². The molecule has 0 aromatic heterocycles. The predicted octanol–water partition coefficient (Wildman–Crippen LogP) is 0.270. The van der Waals surface area contributed by atoms with Crippen LogP contribution >= 0.6 is 0 Å². The van der Waals surface area contributed by atoms with Crippen LogP contribution in [-0.4, -0.2) is 73.9 Å². The summed E-state index contributed by atoms with van der Waals surface area (Å²) in [6.07, 6.45) is -3.52. The first-order valence-electron chi connectivity index (χ1n) is 6.39. The third-order valence-corrected chi connectivity index (χ3v) is 3.30. The summed E-state index contributed by atoms with van der Waals surface area (Å²) < 4.78 is 42.0. The van der Waals surface area contributed by atoms with Gasteiger partial charge in [-0.3, -0.25) is 4.90 Å². The number of nitrogens with zero attached hydrogens (tertiary/aromatic N) is 3. The topological polar surface area (TPSA) is 54.1 Å². The molecule has 19 heavy (non-hydrogen) atoms. The molecule has 0 radical (unpaired) electrons. The highest BCUT2D eigenvalue weighted by Gasteiger charge is 2.34. The number of likely N-dealkylation sites (tertiary alicyclic amines) is 1. The zero-order valence-electron chi connectivity index (χ0n) is 10.7. The summed E-state index contributed by atoms with van der Waals surface area (Å²) in [5.74, 6) is 0.419. The lowest BCUT2D eigenvalue weighted by atomic mass is 10.3. The van der Waals surface area contributed by atoms with E-state index in [1.54, 1.807) is 0 Å². The fraction of sp³-hybridized carbons (Fsp3) is 0.909. The fourth-order valence-corrected chi connectivity index (χ4v) is 2.38. The zero-order chi connectivity index (χ0) is 13.9. The van der Waals surface area contributed by atoms with Gasteiger partial charge in [0.1, 0.15) is 0 Å². The number of guanidine groups is 1. The molecular formula is C11H19F3N4O. The standard InChI is InChI=1S/C11H19F3N4O/c12-11(13,14)8-17-2-1-9(7-17)16-10(15)18-3-5-19-6-4-18/h9H,1-8H2,(H2,15,16). The highest BCUT2D eigenvalue weighted by atomic mass is 19.4. The van der Waals surface area contributed by atoms with Crippen molar-refractivity contribution >= 4 is 5.96 Å². The number of alkyl halides is 3. The lowest BCUT2D eigenvalue weighted by molar-refractivity contribution is -0.143. The van der Waals surface area contributed by atoms with E-state index in [9.17, 15) is 13.2 Å². The second kappa shape index (κ2) is 5.96. The number of hydrogen-bond donors (Lipinski definition) is 1.